The molecule has 0 saturated carbocycles. The Morgan fingerprint density at radius 1 is 1.05 bits per heavy atom. The molecule has 5 heteroatoms. The number of carbonyl (C=O) groups is 1. The number of rotatable bonds is 3. The van der Waals surface area contributed by atoms with E-state index in [1.807, 2.05) is 60.7 Å². The second-order valence-electron chi connectivity index (χ2n) is 4.91. The molecule has 0 aromatic heterocycles. The molecule has 1 unspecified atom stereocenters. The molecule has 0 amide bonds. The van der Waals surface area contributed by atoms with Crippen LogP contribution in [-0.4, -0.2) is 5.52 Å². The Kier molecular flexibility index (Phi) is 5.95. The summed E-state index contributed by atoms with van der Waals surface area (Å²) in [7, 11) is 0.592. The van der Waals surface area contributed by atoms with E-state index in [4.69, 9.17) is 23.2 Å². The first kappa shape index (κ1) is 17.8. The van der Waals surface area contributed by atoms with Crippen molar-refractivity contribution in [2.45, 2.75) is 11.3 Å². The maximum atomic E-state index is 12.8. The number of halogens is 2. The predicted octanol–water partition coefficient (Wildman–Crippen LogP) is 1.91. The van der Waals surface area contributed by atoms with Crippen LogP contribution in [0.4, 0.5) is 0 Å². The van der Waals surface area contributed by atoms with Crippen LogP contribution in [-0.2, 0) is 9.67 Å². The first-order valence-electron chi connectivity index (χ1n) is 6.55. The van der Waals surface area contributed by atoms with Gasteiger partial charge in [0.25, 0.3) is 0 Å². The van der Waals surface area contributed by atoms with E-state index in [1.165, 1.54) is 0 Å². The molecule has 1 nitrogen and oxygen atoms in total. The SMILES string of the molecule is O=C([P-]c1ccccc1)C1(Cl)CC(Cl)=Cc2ccccc21.[Li+]. The Balaban J connectivity index is 0.00000176. The first-order valence-corrected chi connectivity index (χ1v) is 8.20. The minimum Gasteiger partial charge on any atom is -0.429 e. The van der Waals surface area contributed by atoms with Gasteiger partial charge in [-0.1, -0.05) is 66.2 Å². The van der Waals surface area contributed by atoms with Gasteiger partial charge in [-0.25, -0.2) is 0 Å². The molecular formula is C17H12Cl2LiOP. The number of allylic oxidation sites excluding steroid dienone is 1. The number of carbonyl (C=O) groups excluding carboxylic acids is 1. The maximum Gasteiger partial charge on any atom is 1.00 e. The van der Waals surface area contributed by atoms with Crippen LogP contribution in [0.25, 0.3) is 6.08 Å². The number of hydrogen-bond acceptors (Lipinski definition) is 1. The fraction of sp³-hybridized carbons (Fsp3) is 0.118. The van der Waals surface area contributed by atoms with Crippen LogP contribution >= 0.6 is 31.8 Å². The third kappa shape index (κ3) is 3.51. The zero-order valence-electron chi connectivity index (χ0n) is 12.1. The molecule has 0 aliphatic heterocycles. The van der Waals surface area contributed by atoms with Crippen LogP contribution < -0.4 is 24.2 Å². The number of benzene rings is 2. The number of alkyl halides is 1. The fourth-order valence-corrected chi connectivity index (χ4v) is 4.19. The Labute approximate surface area is 154 Å². The second-order valence-corrected chi connectivity index (χ2v) is 7.19. The van der Waals surface area contributed by atoms with Crippen LogP contribution in [0.3, 0.4) is 0 Å². The Hall–Kier alpha value is -0.543. The summed E-state index contributed by atoms with van der Waals surface area (Å²) in [6.45, 7) is 0. The Morgan fingerprint density at radius 2 is 1.68 bits per heavy atom. The van der Waals surface area contributed by atoms with Crippen molar-refractivity contribution in [2.24, 2.45) is 0 Å². The van der Waals surface area contributed by atoms with Crippen LogP contribution in [0.2, 0.25) is 0 Å². The van der Waals surface area contributed by atoms with Crippen molar-refractivity contribution in [1.29, 1.82) is 0 Å². The van der Waals surface area contributed by atoms with Gasteiger partial charge in [0.15, 0.2) is 0 Å². The average Bonchev–Trinajstić information content (AvgIpc) is 2.48. The van der Waals surface area contributed by atoms with Crippen molar-refractivity contribution in [3.05, 3.63) is 70.8 Å². The largest absolute Gasteiger partial charge is 1.00 e. The normalized spacial score (nSPS) is 20.2. The van der Waals surface area contributed by atoms with Gasteiger partial charge in [0.2, 0.25) is 0 Å². The molecule has 22 heavy (non-hydrogen) atoms. The zero-order valence-corrected chi connectivity index (χ0v) is 14.5. The van der Waals surface area contributed by atoms with E-state index in [0.29, 0.717) is 20.0 Å². The standard InChI is InChI=1S/C17H12Cl2OP.Li/c18-13-10-12-6-4-5-9-15(12)17(19,11-13)16(20)21-14-7-2-1-3-8-14;/h1-10H,11H2;/q-1;+1. The van der Waals surface area contributed by atoms with Crippen molar-refractivity contribution in [2.75, 3.05) is 0 Å². The monoisotopic (exact) mass is 340 g/mol. The molecular weight excluding hydrogens is 329 g/mol. The third-order valence-corrected chi connectivity index (χ3v) is 5.46. The molecule has 2 aromatic rings. The molecule has 3 rings (SSSR count). The molecule has 2 aromatic carbocycles. The van der Waals surface area contributed by atoms with Gasteiger partial charge < -0.3 is 13.4 Å². The smallest absolute Gasteiger partial charge is 0.429 e. The van der Waals surface area contributed by atoms with Crippen molar-refractivity contribution in [3.8, 4) is 0 Å². The van der Waals surface area contributed by atoms with Gasteiger partial charge in [0.1, 0.15) is 4.87 Å². The van der Waals surface area contributed by atoms with Gasteiger partial charge >= 0.3 is 18.9 Å². The molecule has 0 fully saturated rings. The average molecular weight is 341 g/mol. The van der Waals surface area contributed by atoms with Crippen molar-refractivity contribution >= 4 is 48.7 Å². The molecule has 0 N–H and O–H groups in total. The number of hydrogen-bond donors (Lipinski definition) is 0. The molecule has 0 spiro atoms. The molecule has 0 heterocycles. The summed E-state index contributed by atoms with van der Waals surface area (Å²) < 4.78 is 0. The zero-order chi connectivity index (χ0) is 14.9. The van der Waals surface area contributed by atoms with Gasteiger partial charge in [0, 0.05) is 17.0 Å². The molecule has 0 radical (unpaired) electrons. The second kappa shape index (κ2) is 7.35. The van der Waals surface area contributed by atoms with E-state index in [9.17, 15) is 4.79 Å². The van der Waals surface area contributed by atoms with Crippen molar-refractivity contribution in [3.63, 3.8) is 0 Å². The van der Waals surface area contributed by atoms with Gasteiger partial charge in [-0.05, 0) is 17.2 Å². The summed E-state index contributed by atoms with van der Waals surface area (Å²) in [5.41, 5.74) is 1.71. The van der Waals surface area contributed by atoms with E-state index in [1.54, 1.807) is 0 Å². The van der Waals surface area contributed by atoms with Gasteiger partial charge in [-0.15, -0.1) is 11.6 Å². The quantitative estimate of drug-likeness (QED) is 0.474. The minimum absolute atomic E-state index is 0. The number of fused-ring (bicyclic) bond motifs is 1. The van der Waals surface area contributed by atoms with E-state index in [0.717, 1.165) is 16.4 Å². The summed E-state index contributed by atoms with van der Waals surface area (Å²) in [6.07, 6.45) is 2.22. The van der Waals surface area contributed by atoms with E-state index in [2.05, 4.69) is 0 Å². The Morgan fingerprint density at radius 3 is 2.41 bits per heavy atom. The van der Waals surface area contributed by atoms with Crippen molar-refractivity contribution < 1.29 is 23.7 Å². The van der Waals surface area contributed by atoms with E-state index in [-0.39, 0.29) is 24.4 Å². The minimum atomic E-state index is -1.08. The topological polar surface area (TPSA) is 17.1 Å². The third-order valence-electron chi connectivity index (χ3n) is 3.44. The van der Waals surface area contributed by atoms with Gasteiger partial charge in [-0.3, -0.25) is 0 Å². The molecule has 0 saturated heterocycles. The summed E-state index contributed by atoms with van der Waals surface area (Å²) in [5, 5.41) is 1.55. The molecule has 0 bridgehead atoms. The Bertz CT molecular complexity index is 718. The van der Waals surface area contributed by atoms with Gasteiger partial charge in [0.05, 0.1) is 0 Å². The maximum absolute atomic E-state index is 12.8. The van der Waals surface area contributed by atoms with Crippen LogP contribution in [0, 0.1) is 0 Å². The van der Waals surface area contributed by atoms with Gasteiger partial charge in [-0.2, -0.15) is 5.30 Å². The summed E-state index contributed by atoms with van der Waals surface area (Å²) in [5.74, 6) is 0. The molecule has 106 valence electrons. The van der Waals surface area contributed by atoms with Crippen LogP contribution in [0.1, 0.15) is 17.5 Å². The predicted molar refractivity (Wildman–Crippen MR) is 90.4 cm³/mol. The van der Waals surface area contributed by atoms with E-state index < -0.39 is 4.87 Å². The van der Waals surface area contributed by atoms with E-state index >= 15 is 0 Å². The molecule has 1 atom stereocenters. The summed E-state index contributed by atoms with van der Waals surface area (Å²) in [6, 6.07) is 17.3. The first-order chi connectivity index (χ1) is 10.1. The van der Waals surface area contributed by atoms with Crippen LogP contribution in [0.15, 0.2) is 59.6 Å². The summed E-state index contributed by atoms with van der Waals surface area (Å²) in [4.78, 5) is 11.7. The van der Waals surface area contributed by atoms with Crippen LogP contribution in [0.5, 0.6) is 0 Å². The fourth-order valence-electron chi connectivity index (χ4n) is 2.43. The van der Waals surface area contributed by atoms with Crippen molar-refractivity contribution in [1.82, 2.24) is 0 Å². The molecule has 1 aliphatic carbocycles. The summed E-state index contributed by atoms with van der Waals surface area (Å²) >= 11 is 12.9. The molecule has 1 aliphatic rings.